The maximum atomic E-state index is 12.3. The Morgan fingerprint density at radius 1 is 0.955 bits per heavy atom. The van der Waals surface area contributed by atoms with Crippen molar-refractivity contribution in [2.45, 2.75) is 12.5 Å². The van der Waals surface area contributed by atoms with Crippen LogP contribution >= 0.6 is 0 Å². The SMILES string of the molecule is O=C1C=C(O)C(C2C(O)CC3C(=O)C2C(=O)C=C3O)=CC1=O. The van der Waals surface area contributed by atoms with E-state index in [9.17, 15) is 34.5 Å². The van der Waals surface area contributed by atoms with Gasteiger partial charge in [0, 0.05) is 23.6 Å². The van der Waals surface area contributed by atoms with Crippen LogP contribution in [0.2, 0.25) is 0 Å². The summed E-state index contributed by atoms with van der Waals surface area (Å²) in [5.41, 5.74) is -0.1000. The molecule has 4 atom stereocenters. The third kappa shape index (κ3) is 1.93. The average Bonchev–Trinajstić information content (AvgIpc) is 2.43. The van der Waals surface area contributed by atoms with Crippen molar-refractivity contribution in [3.8, 4) is 0 Å². The first-order chi connectivity index (χ1) is 10.3. The third-order valence-corrected chi connectivity index (χ3v) is 4.31. The molecule has 0 aromatic rings. The summed E-state index contributed by atoms with van der Waals surface area (Å²) in [6.07, 6.45) is 1.16. The molecule has 0 heterocycles. The summed E-state index contributed by atoms with van der Waals surface area (Å²) >= 11 is 0. The second kappa shape index (κ2) is 4.74. The molecule has 3 N–H and O–H groups in total. The van der Waals surface area contributed by atoms with Crippen molar-refractivity contribution in [2.75, 3.05) is 0 Å². The van der Waals surface area contributed by atoms with Gasteiger partial charge in [-0.2, -0.15) is 0 Å². The van der Waals surface area contributed by atoms with Crippen LogP contribution in [0.5, 0.6) is 0 Å². The number of ketones is 4. The van der Waals surface area contributed by atoms with Crippen molar-refractivity contribution in [1.82, 2.24) is 0 Å². The number of Topliss-reactive ketones (excluding diaryl/α,β-unsaturated/α-hetero) is 1. The fourth-order valence-electron chi connectivity index (χ4n) is 3.26. The second-order valence-corrected chi connectivity index (χ2v) is 5.59. The first kappa shape index (κ1) is 14.4. The Morgan fingerprint density at radius 2 is 1.59 bits per heavy atom. The van der Waals surface area contributed by atoms with Crippen LogP contribution in [0.4, 0.5) is 0 Å². The Morgan fingerprint density at radius 3 is 2.27 bits per heavy atom. The molecule has 2 bridgehead atoms. The fraction of sp³-hybridized carbons (Fsp3) is 0.333. The lowest BCUT2D eigenvalue weighted by Gasteiger charge is -2.40. The van der Waals surface area contributed by atoms with Gasteiger partial charge in [0.15, 0.2) is 11.6 Å². The van der Waals surface area contributed by atoms with E-state index in [0.29, 0.717) is 6.08 Å². The van der Waals surface area contributed by atoms with Crippen molar-refractivity contribution in [3.05, 3.63) is 35.3 Å². The highest BCUT2D eigenvalue weighted by molar-refractivity contribution is 6.46. The van der Waals surface area contributed by atoms with Crippen molar-refractivity contribution < 1.29 is 34.5 Å². The van der Waals surface area contributed by atoms with Crippen LogP contribution in [0.25, 0.3) is 0 Å². The summed E-state index contributed by atoms with van der Waals surface area (Å²) in [5.74, 6) is -7.33. The maximum absolute atomic E-state index is 12.3. The lowest BCUT2D eigenvalue weighted by atomic mass is 9.63. The smallest absolute Gasteiger partial charge is 0.229 e. The summed E-state index contributed by atoms with van der Waals surface area (Å²) < 4.78 is 0. The molecule has 1 saturated carbocycles. The van der Waals surface area contributed by atoms with Crippen LogP contribution in [-0.2, 0) is 19.2 Å². The minimum absolute atomic E-state index is 0.1000. The van der Waals surface area contributed by atoms with E-state index in [1.54, 1.807) is 0 Å². The fourth-order valence-corrected chi connectivity index (χ4v) is 3.26. The van der Waals surface area contributed by atoms with Crippen LogP contribution in [0.1, 0.15) is 6.42 Å². The molecule has 114 valence electrons. The van der Waals surface area contributed by atoms with Crippen LogP contribution in [0.15, 0.2) is 35.3 Å². The maximum Gasteiger partial charge on any atom is 0.229 e. The Kier molecular flexibility index (Phi) is 3.10. The van der Waals surface area contributed by atoms with E-state index in [1.165, 1.54) is 0 Å². The van der Waals surface area contributed by atoms with Gasteiger partial charge >= 0.3 is 0 Å². The predicted molar refractivity (Wildman–Crippen MR) is 70.6 cm³/mol. The molecule has 0 radical (unpaired) electrons. The van der Waals surface area contributed by atoms with Crippen molar-refractivity contribution in [3.63, 3.8) is 0 Å². The van der Waals surface area contributed by atoms with Gasteiger partial charge in [-0.15, -0.1) is 0 Å². The molecule has 7 heteroatoms. The molecule has 0 aromatic carbocycles. The zero-order valence-electron chi connectivity index (χ0n) is 11.2. The van der Waals surface area contributed by atoms with Gasteiger partial charge in [0.2, 0.25) is 11.6 Å². The quantitative estimate of drug-likeness (QED) is 0.345. The molecular formula is C15H12O7. The van der Waals surface area contributed by atoms with Gasteiger partial charge in [0.05, 0.1) is 17.9 Å². The highest BCUT2D eigenvalue weighted by atomic mass is 16.3. The van der Waals surface area contributed by atoms with Gasteiger partial charge in [-0.3, -0.25) is 19.2 Å². The number of fused-ring (bicyclic) bond motifs is 2. The number of aliphatic hydroxyl groups excluding tert-OH is 3. The number of aliphatic hydroxyl groups is 3. The predicted octanol–water partition coefficient (Wildman–Crippen LogP) is -0.287. The highest BCUT2D eigenvalue weighted by Crippen LogP contribution is 2.43. The lowest BCUT2D eigenvalue weighted by Crippen LogP contribution is -2.51. The Balaban J connectivity index is 2.08. The lowest BCUT2D eigenvalue weighted by molar-refractivity contribution is -0.143. The van der Waals surface area contributed by atoms with Gasteiger partial charge in [-0.05, 0) is 12.5 Å². The van der Waals surface area contributed by atoms with E-state index in [1.807, 2.05) is 0 Å². The zero-order chi connectivity index (χ0) is 16.2. The topological polar surface area (TPSA) is 129 Å². The monoisotopic (exact) mass is 304 g/mol. The van der Waals surface area contributed by atoms with E-state index >= 15 is 0 Å². The van der Waals surface area contributed by atoms with Gasteiger partial charge in [0.25, 0.3) is 0 Å². The molecule has 3 rings (SSSR count). The average molecular weight is 304 g/mol. The molecule has 7 nitrogen and oxygen atoms in total. The van der Waals surface area contributed by atoms with E-state index in [-0.39, 0.29) is 17.8 Å². The number of hydrogen-bond donors (Lipinski definition) is 3. The largest absolute Gasteiger partial charge is 0.511 e. The summed E-state index contributed by atoms with van der Waals surface area (Å²) in [6.45, 7) is 0. The van der Waals surface area contributed by atoms with Crippen LogP contribution in [0, 0.1) is 17.8 Å². The van der Waals surface area contributed by atoms with E-state index < -0.39 is 52.7 Å². The van der Waals surface area contributed by atoms with Crippen LogP contribution in [0.3, 0.4) is 0 Å². The van der Waals surface area contributed by atoms with Gasteiger partial charge in [-0.1, -0.05) is 0 Å². The Hall–Kier alpha value is -2.54. The van der Waals surface area contributed by atoms with Crippen molar-refractivity contribution in [2.24, 2.45) is 17.8 Å². The molecule has 0 aliphatic heterocycles. The van der Waals surface area contributed by atoms with E-state index in [2.05, 4.69) is 0 Å². The second-order valence-electron chi connectivity index (χ2n) is 5.59. The molecule has 0 amide bonds. The molecule has 22 heavy (non-hydrogen) atoms. The minimum Gasteiger partial charge on any atom is -0.511 e. The minimum atomic E-state index is -1.28. The van der Waals surface area contributed by atoms with E-state index in [4.69, 9.17) is 0 Å². The number of hydrogen-bond acceptors (Lipinski definition) is 7. The van der Waals surface area contributed by atoms with E-state index in [0.717, 1.165) is 12.2 Å². The van der Waals surface area contributed by atoms with Crippen molar-refractivity contribution in [1.29, 1.82) is 0 Å². The van der Waals surface area contributed by atoms with Crippen LogP contribution in [-0.4, -0.2) is 44.6 Å². The van der Waals surface area contributed by atoms with Crippen molar-refractivity contribution >= 4 is 23.1 Å². The summed E-state index contributed by atoms with van der Waals surface area (Å²) in [7, 11) is 0. The summed E-state index contributed by atoms with van der Waals surface area (Å²) in [4.78, 5) is 47.0. The molecule has 0 spiro atoms. The highest BCUT2D eigenvalue weighted by Gasteiger charge is 2.52. The van der Waals surface area contributed by atoms with Gasteiger partial charge in [0.1, 0.15) is 11.5 Å². The first-order valence-electron chi connectivity index (χ1n) is 6.68. The molecular weight excluding hydrogens is 292 g/mol. The molecule has 3 aliphatic carbocycles. The number of rotatable bonds is 1. The first-order valence-corrected chi connectivity index (χ1v) is 6.68. The molecule has 3 aliphatic rings. The molecule has 0 aromatic heterocycles. The zero-order valence-corrected chi connectivity index (χ0v) is 11.2. The standard InChI is InChI=1S/C15H12O7/c16-7-3-10(19)9(18)1-5(7)13-11(20)2-6-8(17)4-12(21)14(13)15(6)22/h1,3-4,6,11,13-14,16-17,20H,2H2. The normalized spacial score (nSPS) is 35.0. The molecule has 1 fully saturated rings. The van der Waals surface area contributed by atoms with Crippen LogP contribution < -0.4 is 0 Å². The van der Waals surface area contributed by atoms with Gasteiger partial charge in [-0.25, -0.2) is 0 Å². The number of carbonyl (C=O) groups excluding carboxylic acids is 4. The van der Waals surface area contributed by atoms with Gasteiger partial charge < -0.3 is 15.3 Å². The Labute approximate surface area is 124 Å². The number of allylic oxidation sites excluding steroid dienone is 5. The third-order valence-electron chi connectivity index (χ3n) is 4.31. The Bertz CT molecular complexity index is 709. The molecule has 4 unspecified atom stereocenters. The number of carbonyl (C=O) groups is 4. The molecule has 0 saturated heterocycles. The summed E-state index contributed by atoms with van der Waals surface area (Å²) in [5, 5.41) is 29.7. The summed E-state index contributed by atoms with van der Waals surface area (Å²) in [6, 6.07) is 0.